The van der Waals surface area contributed by atoms with Gasteiger partial charge in [-0.05, 0) is 49.9 Å². The Balaban J connectivity index is 1.40. The van der Waals surface area contributed by atoms with Crippen LogP contribution < -0.4 is 21.0 Å². The van der Waals surface area contributed by atoms with Crippen LogP contribution >= 0.6 is 7.75 Å². The number of carbonyl (C=O) groups is 1. The van der Waals surface area contributed by atoms with Crippen LogP contribution in [0.4, 0.5) is 5.82 Å². The van der Waals surface area contributed by atoms with Crippen molar-refractivity contribution in [2.45, 2.75) is 50.6 Å². The topological polar surface area (TPSA) is 173 Å². The van der Waals surface area contributed by atoms with E-state index < -0.39 is 49.2 Å². The summed E-state index contributed by atoms with van der Waals surface area (Å²) in [5.41, 5.74) is 5.06. The summed E-state index contributed by atoms with van der Waals surface area (Å²) in [5.74, 6) is -0.358. The summed E-state index contributed by atoms with van der Waals surface area (Å²) in [5, 5.41) is 6.08. The van der Waals surface area contributed by atoms with Gasteiger partial charge in [0.1, 0.15) is 36.0 Å². The predicted molar refractivity (Wildman–Crippen MR) is 152 cm³/mol. The third-order valence-electron chi connectivity index (χ3n) is 7.33. The van der Waals surface area contributed by atoms with Crippen molar-refractivity contribution in [3.63, 3.8) is 0 Å². The van der Waals surface area contributed by atoms with Crippen molar-refractivity contribution in [3.05, 3.63) is 93.9 Å². The maximum atomic E-state index is 14.3. The molecule has 2 aliphatic rings. The number of anilines is 1. The Morgan fingerprint density at radius 1 is 1.19 bits per heavy atom. The lowest BCUT2D eigenvalue weighted by Crippen LogP contribution is -2.40. The van der Waals surface area contributed by atoms with Gasteiger partial charge in [0.25, 0.3) is 0 Å². The number of aromatic nitrogens is 2. The molecule has 5 atom stereocenters. The molecule has 3 N–H and O–H groups in total. The standard InChI is InChI=1S/C28H32N5O8P/c1-2-38-25(34)21(17-19-9-5-3-6-10-19)32-42(37,41-20-11-7-4-8-12-20)39-18-22-24(31-36)28(14-15-28)26(40-22)33-16-13-23(29)30-27(33)35/h3-13,16,21-22,24,26H,2,14-15,17-18H2,1H3,(H,32,37)(H2,29,30,35)/t21-,22+,24+,26+,42?/m0/s1. The molecule has 3 aromatic rings. The molecule has 2 aromatic carbocycles. The quantitative estimate of drug-likeness (QED) is 0.167. The largest absolute Gasteiger partial charge is 0.465 e. The van der Waals surface area contributed by atoms with Crippen LogP contribution in [0.2, 0.25) is 0 Å². The highest BCUT2D eigenvalue weighted by Crippen LogP contribution is 2.63. The van der Waals surface area contributed by atoms with E-state index in [1.165, 1.54) is 16.8 Å². The van der Waals surface area contributed by atoms with Gasteiger partial charge in [0.2, 0.25) is 0 Å². The first-order valence-corrected chi connectivity index (χ1v) is 15.1. The average molecular weight is 598 g/mol. The van der Waals surface area contributed by atoms with Gasteiger partial charge in [-0.3, -0.25) is 13.9 Å². The van der Waals surface area contributed by atoms with E-state index in [1.807, 2.05) is 30.3 Å². The molecule has 1 aliphatic heterocycles. The minimum absolute atomic E-state index is 0.0563. The summed E-state index contributed by atoms with van der Waals surface area (Å²) >= 11 is 0. The molecule has 222 valence electrons. The lowest BCUT2D eigenvalue weighted by molar-refractivity contribution is -0.145. The van der Waals surface area contributed by atoms with Crippen molar-refractivity contribution in [2.24, 2.45) is 10.6 Å². The number of nitrogens with two attached hydrogens (primary N) is 1. The first kappa shape index (κ1) is 29.6. The molecule has 0 amide bonds. The van der Waals surface area contributed by atoms with Crippen LogP contribution in [0.3, 0.4) is 0 Å². The van der Waals surface area contributed by atoms with Crippen molar-refractivity contribution in [1.82, 2.24) is 14.6 Å². The fourth-order valence-corrected chi connectivity index (χ4v) is 6.68. The van der Waals surface area contributed by atoms with Crippen molar-refractivity contribution < 1.29 is 27.9 Å². The van der Waals surface area contributed by atoms with Crippen molar-refractivity contribution in [3.8, 4) is 5.75 Å². The minimum Gasteiger partial charge on any atom is -0.465 e. The molecular formula is C28H32N5O8P. The van der Waals surface area contributed by atoms with E-state index in [9.17, 15) is 19.1 Å². The van der Waals surface area contributed by atoms with E-state index >= 15 is 0 Å². The Morgan fingerprint density at radius 2 is 1.88 bits per heavy atom. The Labute approximate surface area is 241 Å². The summed E-state index contributed by atoms with van der Waals surface area (Å²) < 4.78 is 38.6. The molecule has 1 aromatic heterocycles. The predicted octanol–water partition coefficient (Wildman–Crippen LogP) is 3.61. The fourth-order valence-electron chi connectivity index (χ4n) is 5.18. The summed E-state index contributed by atoms with van der Waals surface area (Å²) in [4.78, 5) is 41.4. The number of esters is 1. The molecule has 2 fully saturated rings. The molecule has 5 rings (SSSR count). The number of nitrogens with zero attached hydrogens (tertiary/aromatic N) is 3. The fraction of sp³-hybridized carbons (Fsp3) is 0.393. The number of nitrogen functional groups attached to an aromatic ring is 1. The molecule has 2 heterocycles. The summed E-state index contributed by atoms with van der Waals surface area (Å²) in [7, 11) is -4.30. The SMILES string of the molecule is CCOC(=O)[C@H](Cc1ccccc1)NP(=O)(OC[C@H]1O[C@@H](n2ccc(N)nc2=O)C2(CC2)[C@@H]1N=O)Oc1ccccc1. The number of para-hydroxylation sites is 1. The zero-order valence-electron chi connectivity index (χ0n) is 22.9. The maximum absolute atomic E-state index is 14.3. The lowest BCUT2D eigenvalue weighted by atomic mass is 9.94. The van der Waals surface area contributed by atoms with E-state index in [-0.39, 0.29) is 31.2 Å². The summed E-state index contributed by atoms with van der Waals surface area (Å²) in [6.07, 6.45) is 0.951. The molecule has 1 unspecified atom stereocenters. The van der Waals surface area contributed by atoms with E-state index in [1.54, 1.807) is 37.3 Å². The smallest absolute Gasteiger partial charge is 0.459 e. The van der Waals surface area contributed by atoms with E-state index in [0.29, 0.717) is 12.8 Å². The Bertz CT molecular complexity index is 1500. The third-order valence-corrected chi connectivity index (χ3v) is 8.90. The molecular weight excluding hydrogens is 565 g/mol. The van der Waals surface area contributed by atoms with E-state index in [2.05, 4.69) is 15.2 Å². The van der Waals surface area contributed by atoms with Crippen LogP contribution in [0.25, 0.3) is 0 Å². The number of rotatable bonds is 13. The second-order valence-electron chi connectivity index (χ2n) is 10.2. The van der Waals surface area contributed by atoms with Crippen molar-refractivity contribution in [2.75, 3.05) is 18.9 Å². The monoisotopic (exact) mass is 597 g/mol. The highest BCUT2D eigenvalue weighted by Gasteiger charge is 2.66. The number of ether oxygens (including phenoxy) is 2. The zero-order chi connectivity index (χ0) is 29.7. The number of carbonyl (C=O) groups excluding carboxylic acids is 1. The van der Waals surface area contributed by atoms with Crippen LogP contribution in [0.1, 0.15) is 31.6 Å². The van der Waals surface area contributed by atoms with Gasteiger partial charge in [-0.25, -0.2) is 9.36 Å². The number of nitroso groups, excluding NO2 is 1. The van der Waals surface area contributed by atoms with Gasteiger partial charge in [-0.2, -0.15) is 15.0 Å². The molecule has 13 nitrogen and oxygen atoms in total. The highest BCUT2D eigenvalue weighted by molar-refractivity contribution is 7.52. The van der Waals surface area contributed by atoms with Crippen LogP contribution in [0.5, 0.6) is 5.75 Å². The van der Waals surface area contributed by atoms with Crippen LogP contribution in [-0.2, 0) is 29.8 Å². The molecule has 1 saturated heterocycles. The van der Waals surface area contributed by atoms with Gasteiger partial charge >= 0.3 is 19.4 Å². The first-order valence-electron chi connectivity index (χ1n) is 13.6. The Morgan fingerprint density at radius 3 is 2.50 bits per heavy atom. The van der Waals surface area contributed by atoms with Crippen LogP contribution in [0.15, 0.2) is 82.9 Å². The van der Waals surface area contributed by atoms with Gasteiger partial charge in [-0.1, -0.05) is 53.7 Å². The van der Waals surface area contributed by atoms with Crippen LogP contribution in [0, 0.1) is 10.3 Å². The molecule has 14 heteroatoms. The van der Waals surface area contributed by atoms with E-state index in [4.69, 9.17) is 24.3 Å². The normalized spacial score (nSPS) is 22.6. The number of benzene rings is 2. The Kier molecular flexibility index (Phi) is 8.83. The lowest BCUT2D eigenvalue weighted by Gasteiger charge is -2.26. The van der Waals surface area contributed by atoms with Gasteiger partial charge < -0.3 is 19.7 Å². The summed E-state index contributed by atoms with van der Waals surface area (Å²) in [6, 6.07) is 16.9. The van der Waals surface area contributed by atoms with Gasteiger partial charge in [0.05, 0.1) is 13.2 Å². The second kappa shape index (κ2) is 12.5. The Hall–Kier alpha value is -3.90. The van der Waals surface area contributed by atoms with Crippen molar-refractivity contribution in [1.29, 1.82) is 0 Å². The van der Waals surface area contributed by atoms with E-state index in [0.717, 1.165) is 5.56 Å². The average Bonchev–Trinajstić information content (AvgIpc) is 3.70. The second-order valence-corrected chi connectivity index (χ2v) is 11.9. The molecule has 1 aliphatic carbocycles. The minimum atomic E-state index is -4.30. The summed E-state index contributed by atoms with van der Waals surface area (Å²) in [6.45, 7) is 1.40. The first-order chi connectivity index (χ1) is 20.3. The van der Waals surface area contributed by atoms with Crippen LogP contribution in [-0.4, -0.2) is 46.9 Å². The van der Waals surface area contributed by atoms with Gasteiger partial charge in [0.15, 0.2) is 0 Å². The number of nitrogens with one attached hydrogen (secondary N) is 1. The van der Waals surface area contributed by atoms with Gasteiger partial charge in [-0.15, -0.1) is 0 Å². The molecule has 42 heavy (non-hydrogen) atoms. The number of hydrogen-bond acceptors (Lipinski definition) is 11. The molecule has 0 radical (unpaired) electrons. The van der Waals surface area contributed by atoms with Crippen molar-refractivity contribution >= 4 is 19.5 Å². The third kappa shape index (κ3) is 6.44. The highest BCUT2D eigenvalue weighted by atomic mass is 31.2. The molecule has 1 saturated carbocycles. The molecule has 1 spiro atoms. The zero-order valence-corrected chi connectivity index (χ0v) is 23.8. The molecule has 0 bridgehead atoms. The maximum Gasteiger partial charge on any atom is 0.459 e. The van der Waals surface area contributed by atoms with Gasteiger partial charge in [0, 0.05) is 11.6 Å². The number of hydrogen-bond donors (Lipinski definition) is 2.